The molecule has 1 N–H and O–H groups in total. The second-order valence-corrected chi connectivity index (χ2v) is 5.19. The maximum absolute atomic E-state index is 8.72. The number of aliphatic hydroxyl groups excluding tert-OH is 1. The largest absolute Gasteiger partial charge is 0.396 e. The van der Waals surface area contributed by atoms with Gasteiger partial charge < -0.3 is 5.11 Å². The fourth-order valence-corrected chi connectivity index (χ4v) is 2.54. The second kappa shape index (κ2) is 6.15. The van der Waals surface area contributed by atoms with Gasteiger partial charge in [-0.3, -0.25) is 0 Å². The molecule has 0 amide bonds. The molecule has 0 aliphatic rings. The average molecular weight is 268 g/mol. The second-order valence-electron chi connectivity index (χ2n) is 3.81. The summed E-state index contributed by atoms with van der Waals surface area (Å²) in [5, 5.41) is 12.7. The van der Waals surface area contributed by atoms with Crippen LogP contribution < -0.4 is 0 Å². The zero-order valence-electron chi connectivity index (χ0n) is 9.40. The summed E-state index contributed by atoms with van der Waals surface area (Å²) in [7, 11) is 0. The van der Waals surface area contributed by atoms with Crippen LogP contribution in [0.3, 0.4) is 0 Å². The van der Waals surface area contributed by atoms with Crippen LogP contribution in [-0.4, -0.2) is 16.7 Å². The molecule has 90 valence electrons. The molecule has 0 saturated carbocycles. The highest BCUT2D eigenvalue weighted by Gasteiger charge is 2.04. The van der Waals surface area contributed by atoms with Crippen molar-refractivity contribution in [3.05, 3.63) is 39.7 Å². The molecule has 1 aromatic carbocycles. The van der Waals surface area contributed by atoms with Crippen molar-refractivity contribution < 1.29 is 5.11 Å². The first-order valence-electron chi connectivity index (χ1n) is 5.61. The van der Waals surface area contributed by atoms with Gasteiger partial charge in [-0.15, -0.1) is 11.3 Å². The van der Waals surface area contributed by atoms with Crippen LogP contribution in [0, 0.1) is 0 Å². The van der Waals surface area contributed by atoms with E-state index in [2.05, 4.69) is 10.4 Å². The van der Waals surface area contributed by atoms with Gasteiger partial charge in [0.05, 0.1) is 10.7 Å². The van der Waals surface area contributed by atoms with Crippen molar-refractivity contribution in [3.63, 3.8) is 0 Å². The lowest BCUT2D eigenvalue weighted by molar-refractivity contribution is 0.284. The summed E-state index contributed by atoms with van der Waals surface area (Å²) in [6.07, 6.45) is 2.78. The van der Waals surface area contributed by atoms with Crippen LogP contribution in [0.25, 0.3) is 11.3 Å². The zero-order chi connectivity index (χ0) is 12.1. The minimum absolute atomic E-state index is 0.259. The number of rotatable bonds is 5. The average Bonchev–Trinajstić information content (AvgIpc) is 2.79. The first-order valence-corrected chi connectivity index (χ1v) is 6.86. The van der Waals surface area contributed by atoms with Crippen molar-refractivity contribution in [1.29, 1.82) is 0 Å². The van der Waals surface area contributed by atoms with Gasteiger partial charge in [-0.1, -0.05) is 23.7 Å². The molecule has 0 atom stereocenters. The molecule has 0 aliphatic heterocycles. The van der Waals surface area contributed by atoms with Gasteiger partial charge in [-0.05, 0) is 31.4 Å². The van der Waals surface area contributed by atoms with E-state index in [1.807, 2.05) is 24.3 Å². The summed E-state index contributed by atoms with van der Waals surface area (Å²) in [5.41, 5.74) is 2.10. The van der Waals surface area contributed by atoms with E-state index in [1.54, 1.807) is 11.3 Å². The molecule has 2 nitrogen and oxygen atoms in total. The number of aromatic nitrogens is 1. The van der Waals surface area contributed by atoms with Gasteiger partial charge in [0.25, 0.3) is 0 Å². The van der Waals surface area contributed by atoms with E-state index in [9.17, 15) is 0 Å². The van der Waals surface area contributed by atoms with Gasteiger partial charge in [-0.25, -0.2) is 4.98 Å². The summed E-state index contributed by atoms with van der Waals surface area (Å²) in [6, 6.07) is 7.72. The lowest BCUT2D eigenvalue weighted by Gasteiger charge is -1.96. The Balaban J connectivity index is 2.04. The molecule has 0 unspecified atom stereocenters. The quantitative estimate of drug-likeness (QED) is 0.837. The van der Waals surface area contributed by atoms with Crippen LogP contribution in [0.4, 0.5) is 0 Å². The normalized spacial score (nSPS) is 10.7. The summed E-state index contributed by atoms with van der Waals surface area (Å²) in [5.74, 6) is 0. The van der Waals surface area contributed by atoms with E-state index < -0.39 is 0 Å². The Morgan fingerprint density at radius 1 is 1.18 bits per heavy atom. The summed E-state index contributed by atoms with van der Waals surface area (Å²) >= 11 is 7.52. The SMILES string of the molecule is OCCCCc1nc(-c2ccc(Cl)cc2)cs1. The van der Waals surface area contributed by atoms with Crippen LogP contribution in [0.15, 0.2) is 29.6 Å². The van der Waals surface area contributed by atoms with E-state index in [0.29, 0.717) is 0 Å². The summed E-state index contributed by atoms with van der Waals surface area (Å²) < 4.78 is 0. The number of aliphatic hydroxyl groups is 1. The number of hydrogen-bond donors (Lipinski definition) is 1. The van der Waals surface area contributed by atoms with Crippen LogP contribution >= 0.6 is 22.9 Å². The summed E-state index contributed by atoms with van der Waals surface area (Å²) in [6.45, 7) is 0.259. The fraction of sp³-hybridized carbons (Fsp3) is 0.308. The lowest BCUT2D eigenvalue weighted by atomic mass is 10.2. The van der Waals surface area contributed by atoms with Crippen LogP contribution in [-0.2, 0) is 6.42 Å². The Morgan fingerprint density at radius 2 is 1.94 bits per heavy atom. The maximum Gasteiger partial charge on any atom is 0.0932 e. The predicted octanol–water partition coefficient (Wildman–Crippen LogP) is 3.78. The van der Waals surface area contributed by atoms with E-state index in [1.165, 1.54) is 0 Å². The number of hydrogen-bond acceptors (Lipinski definition) is 3. The minimum Gasteiger partial charge on any atom is -0.396 e. The first kappa shape index (κ1) is 12.6. The Hall–Kier alpha value is -0.900. The molecule has 4 heteroatoms. The van der Waals surface area contributed by atoms with Gasteiger partial charge in [0.1, 0.15) is 0 Å². The number of unbranched alkanes of at least 4 members (excludes halogenated alkanes) is 1. The number of thiazole rings is 1. The molecule has 2 aromatic rings. The third-order valence-electron chi connectivity index (χ3n) is 2.49. The zero-order valence-corrected chi connectivity index (χ0v) is 11.0. The molecule has 0 bridgehead atoms. The van der Waals surface area contributed by atoms with Crippen molar-refractivity contribution in [2.24, 2.45) is 0 Å². The van der Waals surface area contributed by atoms with Crippen molar-refractivity contribution >= 4 is 22.9 Å². The highest BCUT2D eigenvalue weighted by Crippen LogP contribution is 2.24. The fourth-order valence-electron chi connectivity index (χ4n) is 1.57. The Morgan fingerprint density at radius 3 is 2.65 bits per heavy atom. The minimum atomic E-state index is 0.259. The maximum atomic E-state index is 8.72. The molecule has 0 saturated heterocycles. The predicted molar refractivity (Wildman–Crippen MR) is 72.6 cm³/mol. The third-order valence-corrected chi connectivity index (χ3v) is 3.65. The van der Waals surface area contributed by atoms with E-state index in [0.717, 1.165) is 40.6 Å². The molecular formula is C13H14ClNOS. The topological polar surface area (TPSA) is 33.1 Å². The highest BCUT2D eigenvalue weighted by atomic mass is 35.5. The molecule has 1 aromatic heterocycles. The van der Waals surface area contributed by atoms with Gasteiger partial charge >= 0.3 is 0 Å². The van der Waals surface area contributed by atoms with Gasteiger partial charge in [0.2, 0.25) is 0 Å². The smallest absolute Gasteiger partial charge is 0.0932 e. The van der Waals surface area contributed by atoms with Gasteiger partial charge in [0, 0.05) is 22.6 Å². The lowest BCUT2D eigenvalue weighted by Crippen LogP contribution is -1.88. The van der Waals surface area contributed by atoms with Gasteiger partial charge in [-0.2, -0.15) is 0 Å². The van der Waals surface area contributed by atoms with Crippen molar-refractivity contribution in [2.45, 2.75) is 19.3 Å². The molecule has 0 radical (unpaired) electrons. The van der Waals surface area contributed by atoms with E-state index in [4.69, 9.17) is 16.7 Å². The molecule has 0 fully saturated rings. The first-order chi connectivity index (χ1) is 8.29. The molecule has 17 heavy (non-hydrogen) atoms. The molecule has 0 spiro atoms. The van der Waals surface area contributed by atoms with Crippen molar-refractivity contribution in [1.82, 2.24) is 4.98 Å². The molecular weight excluding hydrogens is 254 g/mol. The summed E-state index contributed by atoms with van der Waals surface area (Å²) in [4.78, 5) is 4.58. The molecule has 0 aliphatic carbocycles. The molecule has 2 rings (SSSR count). The molecule has 1 heterocycles. The number of nitrogens with zero attached hydrogens (tertiary/aromatic N) is 1. The number of halogens is 1. The van der Waals surface area contributed by atoms with Crippen molar-refractivity contribution in [3.8, 4) is 11.3 Å². The Kier molecular flexibility index (Phi) is 4.54. The standard InChI is InChI=1S/C13H14ClNOS/c14-11-6-4-10(5-7-11)12-9-17-13(15-12)3-1-2-8-16/h4-7,9,16H,1-3,8H2. The Bertz CT molecular complexity index is 467. The van der Waals surface area contributed by atoms with Gasteiger partial charge in [0.15, 0.2) is 0 Å². The number of aryl methyl sites for hydroxylation is 1. The van der Waals surface area contributed by atoms with E-state index >= 15 is 0 Å². The highest BCUT2D eigenvalue weighted by molar-refractivity contribution is 7.09. The third kappa shape index (κ3) is 3.53. The monoisotopic (exact) mass is 267 g/mol. The van der Waals surface area contributed by atoms with Crippen LogP contribution in [0.5, 0.6) is 0 Å². The number of benzene rings is 1. The Labute approximate surface area is 110 Å². The van der Waals surface area contributed by atoms with Crippen LogP contribution in [0.2, 0.25) is 5.02 Å². The van der Waals surface area contributed by atoms with Crippen LogP contribution in [0.1, 0.15) is 17.8 Å². The van der Waals surface area contributed by atoms with E-state index in [-0.39, 0.29) is 6.61 Å². The van der Waals surface area contributed by atoms with Crippen molar-refractivity contribution in [2.75, 3.05) is 6.61 Å².